The number of hydrogen-bond acceptors (Lipinski definition) is 6. The molecule has 3 rings (SSSR count). The first-order chi connectivity index (χ1) is 11.9. The maximum Gasteiger partial charge on any atom is 0.244 e. The molecule has 0 saturated carbocycles. The van der Waals surface area contributed by atoms with Crippen LogP contribution < -0.4 is 4.72 Å². The fourth-order valence-corrected chi connectivity index (χ4v) is 6.30. The quantitative estimate of drug-likeness (QED) is 0.808. The van der Waals surface area contributed by atoms with Crippen molar-refractivity contribution < 1.29 is 13.2 Å². The van der Waals surface area contributed by atoms with Crippen molar-refractivity contribution >= 4 is 21.8 Å². The first-order valence-corrected chi connectivity index (χ1v) is 11.4. The van der Waals surface area contributed by atoms with Crippen molar-refractivity contribution in [3.05, 3.63) is 11.4 Å². The average Bonchev–Trinajstić information content (AvgIpc) is 2.87. The molecule has 0 atom stereocenters. The van der Waals surface area contributed by atoms with Crippen LogP contribution in [0.15, 0.2) is 4.90 Å². The summed E-state index contributed by atoms with van der Waals surface area (Å²) in [6.07, 6.45) is 1.73. The third kappa shape index (κ3) is 3.90. The van der Waals surface area contributed by atoms with Crippen molar-refractivity contribution in [3.63, 3.8) is 0 Å². The summed E-state index contributed by atoms with van der Waals surface area (Å²) in [5.41, 5.74) is 1.07. The van der Waals surface area contributed by atoms with Gasteiger partial charge in [-0.3, -0.25) is 9.58 Å². The number of ether oxygens (including phenoxy) is 1. The standard InChI is InChI=1S/C16H28N4O3S2/c1-13-15(14(2)19(3)18-13)25(21,22)17-12-16(4-8-23-9-5-16)20-6-10-24-11-7-20/h17H,4-12H2,1-3H3. The highest BCUT2D eigenvalue weighted by Crippen LogP contribution is 2.30. The number of aromatic nitrogens is 2. The predicted molar refractivity (Wildman–Crippen MR) is 99.6 cm³/mol. The first-order valence-electron chi connectivity index (χ1n) is 8.76. The van der Waals surface area contributed by atoms with Crippen molar-refractivity contribution in [1.29, 1.82) is 0 Å². The van der Waals surface area contributed by atoms with E-state index in [0.717, 1.165) is 37.4 Å². The molecule has 0 unspecified atom stereocenters. The maximum atomic E-state index is 12.9. The Morgan fingerprint density at radius 1 is 1.24 bits per heavy atom. The van der Waals surface area contributed by atoms with Crippen molar-refractivity contribution in [2.75, 3.05) is 44.4 Å². The van der Waals surface area contributed by atoms with Crippen LogP contribution >= 0.6 is 11.8 Å². The van der Waals surface area contributed by atoms with E-state index in [2.05, 4.69) is 14.7 Å². The Morgan fingerprint density at radius 3 is 2.44 bits per heavy atom. The summed E-state index contributed by atoms with van der Waals surface area (Å²) in [6.45, 7) is 7.37. The van der Waals surface area contributed by atoms with E-state index in [1.807, 2.05) is 11.8 Å². The highest BCUT2D eigenvalue weighted by Gasteiger charge is 2.40. The van der Waals surface area contributed by atoms with Crippen LogP contribution in [0.2, 0.25) is 0 Å². The smallest absolute Gasteiger partial charge is 0.244 e. The van der Waals surface area contributed by atoms with Gasteiger partial charge in [0, 0.05) is 56.9 Å². The van der Waals surface area contributed by atoms with Gasteiger partial charge in [0.05, 0.1) is 11.4 Å². The molecule has 2 aliphatic rings. The fourth-order valence-electron chi connectivity index (χ4n) is 3.84. The molecule has 0 aliphatic carbocycles. The minimum atomic E-state index is -3.58. The van der Waals surface area contributed by atoms with Crippen LogP contribution in [0.4, 0.5) is 0 Å². The van der Waals surface area contributed by atoms with Gasteiger partial charge in [0.25, 0.3) is 0 Å². The van der Waals surface area contributed by atoms with Crippen LogP contribution in [0.5, 0.6) is 0 Å². The lowest BCUT2D eigenvalue weighted by molar-refractivity contribution is -0.0218. The molecular weight excluding hydrogens is 360 g/mol. The van der Waals surface area contributed by atoms with Gasteiger partial charge < -0.3 is 4.74 Å². The van der Waals surface area contributed by atoms with Crippen molar-refractivity contribution in [3.8, 4) is 0 Å². The topological polar surface area (TPSA) is 76.5 Å². The summed E-state index contributed by atoms with van der Waals surface area (Å²) in [5, 5.41) is 4.24. The van der Waals surface area contributed by atoms with Gasteiger partial charge in [-0.2, -0.15) is 16.9 Å². The molecule has 1 aromatic rings. The van der Waals surface area contributed by atoms with Gasteiger partial charge in [0.2, 0.25) is 10.0 Å². The van der Waals surface area contributed by atoms with E-state index in [9.17, 15) is 8.42 Å². The normalized spacial score (nSPS) is 22.2. The van der Waals surface area contributed by atoms with Crippen LogP contribution in [0.3, 0.4) is 0 Å². The average molecular weight is 389 g/mol. The Morgan fingerprint density at radius 2 is 1.88 bits per heavy atom. The number of hydrogen-bond donors (Lipinski definition) is 1. The Kier molecular flexibility index (Phi) is 5.79. The molecule has 0 amide bonds. The zero-order valence-corrected chi connectivity index (χ0v) is 16.9. The monoisotopic (exact) mass is 388 g/mol. The van der Waals surface area contributed by atoms with Crippen LogP contribution in [-0.4, -0.2) is 73.0 Å². The lowest BCUT2D eigenvalue weighted by Gasteiger charge is -2.47. The third-order valence-corrected chi connectivity index (χ3v) is 8.00. The van der Waals surface area contributed by atoms with E-state index in [-0.39, 0.29) is 5.54 Å². The van der Waals surface area contributed by atoms with E-state index >= 15 is 0 Å². The molecule has 2 saturated heterocycles. The molecule has 0 spiro atoms. The molecule has 0 radical (unpaired) electrons. The van der Waals surface area contributed by atoms with E-state index in [4.69, 9.17) is 4.74 Å². The number of nitrogens with one attached hydrogen (secondary N) is 1. The molecule has 3 heterocycles. The minimum absolute atomic E-state index is 0.143. The van der Waals surface area contributed by atoms with Gasteiger partial charge in [-0.15, -0.1) is 0 Å². The number of rotatable bonds is 5. The fraction of sp³-hybridized carbons (Fsp3) is 0.812. The summed E-state index contributed by atoms with van der Waals surface area (Å²) in [4.78, 5) is 2.78. The summed E-state index contributed by atoms with van der Waals surface area (Å²) >= 11 is 1.97. The molecule has 142 valence electrons. The molecule has 7 nitrogen and oxygen atoms in total. The summed E-state index contributed by atoms with van der Waals surface area (Å²) in [5.74, 6) is 2.21. The molecule has 9 heteroatoms. The Bertz CT molecular complexity index is 705. The van der Waals surface area contributed by atoms with Gasteiger partial charge in [0.1, 0.15) is 4.90 Å². The second-order valence-corrected chi connectivity index (χ2v) is 9.81. The number of sulfonamides is 1. The van der Waals surface area contributed by atoms with E-state index in [1.54, 1.807) is 25.6 Å². The van der Waals surface area contributed by atoms with E-state index in [1.165, 1.54) is 0 Å². The van der Waals surface area contributed by atoms with Crippen LogP contribution in [0.1, 0.15) is 24.2 Å². The van der Waals surface area contributed by atoms with Gasteiger partial charge in [-0.1, -0.05) is 0 Å². The number of aryl methyl sites for hydroxylation is 2. The molecule has 2 fully saturated rings. The van der Waals surface area contributed by atoms with E-state index < -0.39 is 10.0 Å². The summed E-state index contributed by atoms with van der Waals surface area (Å²) in [6, 6.07) is 0. The second kappa shape index (κ2) is 7.56. The molecule has 25 heavy (non-hydrogen) atoms. The molecule has 0 bridgehead atoms. The van der Waals surface area contributed by atoms with Crippen molar-refractivity contribution in [2.45, 2.75) is 37.1 Å². The zero-order valence-electron chi connectivity index (χ0n) is 15.2. The first kappa shape index (κ1) is 19.2. The Balaban J connectivity index is 1.80. The SMILES string of the molecule is Cc1nn(C)c(C)c1S(=O)(=O)NCC1(N2CCSCC2)CCOCC1. The Labute approximate surface area is 154 Å². The summed E-state index contributed by atoms with van der Waals surface area (Å²) in [7, 11) is -1.81. The van der Waals surface area contributed by atoms with Crippen LogP contribution in [0.25, 0.3) is 0 Å². The molecule has 0 aromatic carbocycles. The number of thioether (sulfide) groups is 1. The molecule has 1 aromatic heterocycles. The van der Waals surface area contributed by atoms with Crippen LogP contribution in [0, 0.1) is 13.8 Å². The lowest BCUT2D eigenvalue weighted by Crippen LogP contribution is -2.60. The summed E-state index contributed by atoms with van der Waals surface area (Å²) < 4.78 is 35.9. The van der Waals surface area contributed by atoms with Gasteiger partial charge in [0.15, 0.2) is 0 Å². The molecule has 1 N–H and O–H groups in total. The highest BCUT2D eigenvalue weighted by atomic mass is 32.2. The Hall–Kier alpha value is -0.610. The minimum Gasteiger partial charge on any atom is -0.381 e. The van der Waals surface area contributed by atoms with Crippen molar-refractivity contribution in [1.82, 2.24) is 19.4 Å². The van der Waals surface area contributed by atoms with E-state index in [0.29, 0.717) is 36.0 Å². The highest BCUT2D eigenvalue weighted by molar-refractivity contribution is 7.99. The van der Waals surface area contributed by atoms with Gasteiger partial charge in [-0.05, 0) is 26.7 Å². The second-order valence-electron chi connectivity index (χ2n) is 6.88. The largest absolute Gasteiger partial charge is 0.381 e. The third-order valence-electron chi connectivity index (χ3n) is 5.41. The molecular formula is C16H28N4O3S2. The number of nitrogens with zero attached hydrogens (tertiary/aromatic N) is 3. The van der Waals surface area contributed by atoms with Crippen molar-refractivity contribution in [2.24, 2.45) is 7.05 Å². The lowest BCUT2D eigenvalue weighted by atomic mass is 9.88. The zero-order chi connectivity index (χ0) is 18.1. The van der Waals surface area contributed by atoms with Crippen LogP contribution in [-0.2, 0) is 21.8 Å². The maximum absolute atomic E-state index is 12.9. The van der Waals surface area contributed by atoms with Gasteiger partial charge >= 0.3 is 0 Å². The molecule has 2 aliphatic heterocycles. The predicted octanol–water partition coefficient (Wildman–Crippen LogP) is 0.913. The van der Waals surface area contributed by atoms with Gasteiger partial charge in [-0.25, -0.2) is 13.1 Å².